The van der Waals surface area contributed by atoms with Gasteiger partial charge in [-0.2, -0.15) is 13.2 Å². The zero-order valence-corrected chi connectivity index (χ0v) is 11.1. The molecule has 0 saturated carbocycles. The molecule has 0 radical (unpaired) electrons. The predicted molar refractivity (Wildman–Crippen MR) is 69.1 cm³/mol. The van der Waals surface area contributed by atoms with Gasteiger partial charge in [-0.1, -0.05) is 6.92 Å². The smallest absolute Gasteiger partial charge is 0.369 e. The third-order valence-corrected chi connectivity index (χ3v) is 3.56. The van der Waals surface area contributed by atoms with Crippen LogP contribution in [0.5, 0.6) is 0 Å². The molecule has 1 atom stereocenters. The van der Waals surface area contributed by atoms with Crippen molar-refractivity contribution in [2.24, 2.45) is 5.84 Å². The zero-order chi connectivity index (χ0) is 14.5. The van der Waals surface area contributed by atoms with E-state index in [1.165, 1.54) is 0 Å². The molecule has 4 N–H and O–H groups in total. The third kappa shape index (κ3) is 5.03. The topological polar surface area (TPSA) is 80.0 Å². The number of halogens is 3. The highest BCUT2D eigenvalue weighted by molar-refractivity contribution is 7.84. The SMILES string of the molecule is CCS(=O)CCNc1cc(C(F)(F)F)cc(NN)n1. The molecule has 0 bridgehead atoms. The minimum absolute atomic E-state index is 0.0379. The summed E-state index contributed by atoms with van der Waals surface area (Å²) in [4.78, 5) is 3.84. The highest BCUT2D eigenvalue weighted by Gasteiger charge is 2.31. The van der Waals surface area contributed by atoms with Crippen molar-refractivity contribution < 1.29 is 17.4 Å². The first kappa shape index (κ1) is 15.7. The zero-order valence-electron chi connectivity index (χ0n) is 10.3. The van der Waals surface area contributed by atoms with Crippen LogP contribution >= 0.6 is 0 Å². The number of aromatic nitrogens is 1. The maximum atomic E-state index is 12.6. The van der Waals surface area contributed by atoms with Gasteiger partial charge in [0, 0.05) is 28.9 Å². The Morgan fingerprint density at radius 1 is 1.37 bits per heavy atom. The Bertz CT molecular complexity index is 453. The quantitative estimate of drug-likeness (QED) is 0.548. The van der Waals surface area contributed by atoms with Gasteiger partial charge >= 0.3 is 6.18 Å². The van der Waals surface area contributed by atoms with Crippen molar-refractivity contribution in [2.45, 2.75) is 13.1 Å². The van der Waals surface area contributed by atoms with Gasteiger partial charge in [0.15, 0.2) is 0 Å². The molecule has 0 amide bonds. The van der Waals surface area contributed by atoms with E-state index in [1.54, 1.807) is 6.92 Å². The molecule has 19 heavy (non-hydrogen) atoms. The molecule has 1 heterocycles. The number of anilines is 2. The number of rotatable bonds is 6. The van der Waals surface area contributed by atoms with E-state index in [0.717, 1.165) is 12.1 Å². The second-order valence-corrected chi connectivity index (χ2v) is 5.49. The fourth-order valence-electron chi connectivity index (χ4n) is 1.30. The van der Waals surface area contributed by atoms with Crippen LogP contribution in [-0.4, -0.2) is 27.2 Å². The molecule has 0 aliphatic rings. The number of hydrogen-bond donors (Lipinski definition) is 3. The van der Waals surface area contributed by atoms with Crippen LogP contribution in [0.1, 0.15) is 12.5 Å². The van der Waals surface area contributed by atoms with Crippen LogP contribution in [0.2, 0.25) is 0 Å². The molecule has 9 heteroatoms. The number of nitrogens with two attached hydrogens (primary N) is 1. The summed E-state index contributed by atoms with van der Waals surface area (Å²) in [5.41, 5.74) is 1.23. The molecular weight excluding hydrogens is 281 g/mol. The lowest BCUT2D eigenvalue weighted by atomic mass is 10.2. The van der Waals surface area contributed by atoms with Crippen LogP contribution in [0.3, 0.4) is 0 Å². The number of hydrogen-bond acceptors (Lipinski definition) is 5. The molecule has 108 valence electrons. The summed E-state index contributed by atoms with van der Waals surface area (Å²) >= 11 is 0. The lowest BCUT2D eigenvalue weighted by Gasteiger charge is -2.12. The summed E-state index contributed by atoms with van der Waals surface area (Å²) in [6, 6.07) is 1.70. The van der Waals surface area contributed by atoms with E-state index in [2.05, 4.69) is 15.7 Å². The Kier molecular flexibility index (Phi) is 5.55. The van der Waals surface area contributed by atoms with Crippen molar-refractivity contribution in [2.75, 3.05) is 28.8 Å². The van der Waals surface area contributed by atoms with Gasteiger partial charge in [0.2, 0.25) is 0 Å². The number of nitrogens with one attached hydrogen (secondary N) is 2. The standard InChI is InChI=1S/C10H15F3N4OS/c1-2-19(18)4-3-15-8-5-7(10(11,12)13)6-9(16-8)17-14/h5-6H,2-4,14H2,1H3,(H2,15,16,17). The normalized spacial score (nSPS) is 13.1. The van der Waals surface area contributed by atoms with E-state index in [9.17, 15) is 17.4 Å². The summed E-state index contributed by atoms with van der Waals surface area (Å²) in [5, 5.41) is 2.70. The van der Waals surface area contributed by atoms with Gasteiger partial charge in [-0.05, 0) is 12.1 Å². The van der Waals surface area contributed by atoms with E-state index in [1.807, 2.05) is 0 Å². The minimum Gasteiger partial charge on any atom is -0.369 e. The molecule has 0 fully saturated rings. The van der Waals surface area contributed by atoms with Gasteiger partial charge in [-0.3, -0.25) is 4.21 Å². The molecule has 0 aromatic carbocycles. The van der Waals surface area contributed by atoms with E-state index >= 15 is 0 Å². The Morgan fingerprint density at radius 3 is 2.53 bits per heavy atom. The van der Waals surface area contributed by atoms with Crippen LogP contribution in [0.15, 0.2) is 12.1 Å². The first-order valence-corrected chi connectivity index (χ1v) is 7.00. The van der Waals surface area contributed by atoms with Crippen LogP contribution in [-0.2, 0) is 17.0 Å². The first-order chi connectivity index (χ1) is 8.86. The van der Waals surface area contributed by atoms with Crippen molar-refractivity contribution in [3.63, 3.8) is 0 Å². The van der Waals surface area contributed by atoms with Crippen molar-refractivity contribution in [1.82, 2.24) is 4.98 Å². The van der Waals surface area contributed by atoms with Crippen molar-refractivity contribution in [3.05, 3.63) is 17.7 Å². The Labute approximate surface area is 111 Å². The fraction of sp³-hybridized carbons (Fsp3) is 0.500. The molecule has 0 aliphatic carbocycles. The van der Waals surface area contributed by atoms with Gasteiger partial charge < -0.3 is 10.7 Å². The average Bonchev–Trinajstić information content (AvgIpc) is 2.37. The lowest BCUT2D eigenvalue weighted by molar-refractivity contribution is -0.137. The van der Waals surface area contributed by atoms with E-state index in [0.29, 0.717) is 11.5 Å². The number of alkyl halides is 3. The molecule has 0 spiro atoms. The summed E-state index contributed by atoms with van der Waals surface area (Å²) in [7, 11) is -0.983. The number of nitrogen functional groups attached to an aromatic ring is 1. The number of nitrogens with zero attached hydrogens (tertiary/aromatic N) is 1. The highest BCUT2D eigenvalue weighted by atomic mass is 32.2. The molecule has 0 aliphatic heterocycles. The minimum atomic E-state index is -4.47. The molecule has 0 saturated heterocycles. The van der Waals surface area contributed by atoms with Crippen molar-refractivity contribution >= 4 is 22.4 Å². The van der Waals surface area contributed by atoms with Gasteiger partial charge in [-0.25, -0.2) is 10.8 Å². The first-order valence-electron chi connectivity index (χ1n) is 5.51. The number of pyridine rings is 1. The van der Waals surface area contributed by atoms with Crippen LogP contribution in [0.25, 0.3) is 0 Å². The van der Waals surface area contributed by atoms with Gasteiger partial charge in [-0.15, -0.1) is 0 Å². The molecule has 1 aromatic rings. The maximum absolute atomic E-state index is 12.6. The van der Waals surface area contributed by atoms with Crippen LogP contribution in [0.4, 0.5) is 24.8 Å². The van der Waals surface area contributed by atoms with Crippen molar-refractivity contribution in [3.8, 4) is 0 Å². The molecule has 1 rings (SSSR count). The highest BCUT2D eigenvalue weighted by Crippen LogP contribution is 2.31. The van der Waals surface area contributed by atoms with Crippen LogP contribution < -0.4 is 16.6 Å². The maximum Gasteiger partial charge on any atom is 0.416 e. The van der Waals surface area contributed by atoms with E-state index in [-0.39, 0.29) is 18.2 Å². The summed E-state index contributed by atoms with van der Waals surface area (Å²) in [6.45, 7) is 2.05. The van der Waals surface area contributed by atoms with Gasteiger partial charge in [0.05, 0.1) is 5.56 Å². The monoisotopic (exact) mass is 296 g/mol. The Balaban J connectivity index is 2.80. The predicted octanol–water partition coefficient (Wildman–Crippen LogP) is 1.57. The van der Waals surface area contributed by atoms with E-state index < -0.39 is 22.5 Å². The molecular formula is C10H15F3N4OS. The van der Waals surface area contributed by atoms with Crippen molar-refractivity contribution in [1.29, 1.82) is 0 Å². The third-order valence-electron chi connectivity index (χ3n) is 2.26. The van der Waals surface area contributed by atoms with Crippen LogP contribution in [0, 0.1) is 0 Å². The summed E-state index contributed by atoms with van der Waals surface area (Å²) < 4.78 is 49.0. The van der Waals surface area contributed by atoms with Gasteiger partial charge in [0.25, 0.3) is 0 Å². The van der Waals surface area contributed by atoms with Gasteiger partial charge in [0.1, 0.15) is 11.6 Å². The molecule has 5 nitrogen and oxygen atoms in total. The lowest BCUT2D eigenvalue weighted by Crippen LogP contribution is -2.16. The summed E-state index contributed by atoms with van der Waals surface area (Å²) in [6.07, 6.45) is -4.47. The summed E-state index contributed by atoms with van der Waals surface area (Å²) in [5.74, 6) is 5.88. The molecule has 1 aromatic heterocycles. The average molecular weight is 296 g/mol. The second-order valence-electron chi connectivity index (χ2n) is 3.63. The Morgan fingerprint density at radius 2 is 2.00 bits per heavy atom. The molecule has 1 unspecified atom stereocenters. The van der Waals surface area contributed by atoms with E-state index in [4.69, 9.17) is 5.84 Å². The fourth-order valence-corrected chi connectivity index (χ4v) is 1.91. The largest absolute Gasteiger partial charge is 0.416 e. The number of hydrazine groups is 1. The second kappa shape index (κ2) is 6.71. The Hall–Kier alpha value is -1.35.